The fourth-order valence-electron chi connectivity index (χ4n) is 5.28. The molecule has 0 saturated carbocycles. The van der Waals surface area contributed by atoms with Gasteiger partial charge >= 0.3 is 5.97 Å². The van der Waals surface area contributed by atoms with E-state index in [0.29, 0.717) is 35.2 Å². The summed E-state index contributed by atoms with van der Waals surface area (Å²) >= 11 is 0. The number of benzene rings is 4. The minimum atomic E-state index is -0.501. The van der Waals surface area contributed by atoms with Crippen LogP contribution in [0, 0.1) is 11.3 Å². The highest BCUT2D eigenvalue weighted by atomic mass is 16.5. The van der Waals surface area contributed by atoms with Gasteiger partial charge in [0.05, 0.1) is 25.2 Å². The van der Waals surface area contributed by atoms with E-state index >= 15 is 0 Å². The first-order valence-electron chi connectivity index (χ1n) is 14.3. The molecule has 4 aromatic carbocycles. The van der Waals surface area contributed by atoms with Crippen molar-refractivity contribution >= 4 is 16.7 Å². The van der Waals surface area contributed by atoms with Gasteiger partial charge in [-0.2, -0.15) is 5.26 Å². The van der Waals surface area contributed by atoms with E-state index in [-0.39, 0.29) is 11.5 Å². The van der Waals surface area contributed by atoms with Gasteiger partial charge in [0.2, 0.25) is 5.88 Å². The van der Waals surface area contributed by atoms with Crippen molar-refractivity contribution in [3.05, 3.63) is 107 Å². The number of carbonyl (C=O) groups excluding carboxylic acids is 1. The first-order chi connectivity index (χ1) is 20.5. The lowest BCUT2D eigenvalue weighted by Gasteiger charge is -2.27. The van der Waals surface area contributed by atoms with Gasteiger partial charge in [0.15, 0.2) is 11.5 Å². The molecule has 42 heavy (non-hydrogen) atoms. The average Bonchev–Trinajstić information content (AvgIpc) is 3.01. The highest BCUT2D eigenvalue weighted by molar-refractivity contribution is 6.05. The van der Waals surface area contributed by atoms with Crippen LogP contribution in [0.15, 0.2) is 90.3 Å². The molecule has 1 atom stereocenters. The molecular formula is C35H34N2O5. The molecule has 1 aliphatic heterocycles. The summed E-state index contributed by atoms with van der Waals surface area (Å²) in [4.78, 5) is 13.1. The quantitative estimate of drug-likeness (QED) is 0.114. The van der Waals surface area contributed by atoms with Crippen LogP contribution >= 0.6 is 0 Å². The second kappa shape index (κ2) is 13.1. The maximum absolute atomic E-state index is 13.1. The van der Waals surface area contributed by atoms with Gasteiger partial charge in [0.1, 0.15) is 23.1 Å². The van der Waals surface area contributed by atoms with E-state index in [4.69, 9.17) is 24.7 Å². The molecule has 7 nitrogen and oxygen atoms in total. The van der Waals surface area contributed by atoms with Gasteiger partial charge in [0, 0.05) is 11.6 Å². The highest BCUT2D eigenvalue weighted by Gasteiger charge is 2.32. The van der Waals surface area contributed by atoms with E-state index in [1.54, 1.807) is 31.4 Å². The second-order valence-corrected chi connectivity index (χ2v) is 10.2. The van der Waals surface area contributed by atoms with Crippen LogP contribution in [0.1, 0.15) is 66.4 Å². The van der Waals surface area contributed by atoms with Gasteiger partial charge < -0.3 is 24.7 Å². The van der Waals surface area contributed by atoms with Crippen LogP contribution in [0.3, 0.4) is 0 Å². The third-order valence-electron chi connectivity index (χ3n) is 7.44. The van der Waals surface area contributed by atoms with Crippen molar-refractivity contribution in [3.63, 3.8) is 0 Å². The van der Waals surface area contributed by atoms with Gasteiger partial charge in [-0.3, -0.25) is 0 Å². The van der Waals surface area contributed by atoms with E-state index in [1.165, 1.54) is 19.3 Å². The zero-order valence-electron chi connectivity index (χ0n) is 23.9. The summed E-state index contributed by atoms with van der Waals surface area (Å²) in [6.07, 6.45) is 5.74. The Bertz CT molecular complexity index is 1660. The summed E-state index contributed by atoms with van der Waals surface area (Å²) in [6.45, 7) is 2.80. The smallest absolute Gasteiger partial charge is 0.344 e. The van der Waals surface area contributed by atoms with E-state index in [9.17, 15) is 10.1 Å². The van der Waals surface area contributed by atoms with E-state index < -0.39 is 11.9 Å². The highest BCUT2D eigenvalue weighted by Crippen LogP contribution is 2.45. The Labute approximate surface area is 246 Å². The van der Waals surface area contributed by atoms with Gasteiger partial charge in [-0.1, -0.05) is 81.1 Å². The van der Waals surface area contributed by atoms with Crippen LogP contribution in [-0.4, -0.2) is 19.7 Å². The lowest BCUT2D eigenvalue weighted by Crippen LogP contribution is -2.21. The van der Waals surface area contributed by atoms with Crippen molar-refractivity contribution in [2.75, 3.05) is 13.7 Å². The number of allylic oxidation sites excluding steroid dienone is 1. The van der Waals surface area contributed by atoms with Crippen LogP contribution in [-0.2, 0) is 0 Å². The molecule has 0 fully saturated rings. The Morgan fingerprint density at radius 3 is 2.57 bits per heavy atom. The van der Waals surface area contributed by atoms with E-state index in [1.807, 2.05) is 54.6 Å². The van der Waals surface area contributed by atoms with Crippen molar-refractivity contribution in [2.45, 2.75) is 44.9 Å². The topological polar surface area (TPSA) is 104 Å². The molecule has 1 aliphatic rings. The van der Waals surface area contributed by atoms with Crippen molar-refractivity contribution in [3.8, 4) is 29.1 Å². The first kappa shape index (κ1) is 28.6. The number of fused-ring (bicyclic) bond motifs is 2. The third-order valence-corrected chi connectivity index (χ3v) is 7.44. The lowest BCUT2D eigenvalue weighted by atomic mass is 9.83. The molecule has 7 heteroatoms. The molecule has 2 N–H and O–H groups in total. The van der Waals surface area contributed by atoms with Crippen LogP contribution in [0.2, 0.25) is 0 Å². The van der Waals surface area contributed by atoms with Gasteiger partial charge in [0.25, 0.3) is 0 Å². The molecule has 214 valence electrons. The molecule has 0 saturated heterocycles. The maximum Gasteiger partial charge on any atom is 0.344 e. The predicted molar refractivity (Wildman–Crippen MR) is 162 cm³/mol. The summed E-state index contributed by atoms with van der Waals surface area (Å²) in [5.41, 5.74) is 8.49. The Balaban J connectivity index is 1.39. The molecule has 0 spiro atoms. The third kappa shape index (κ3) is 6.03. The number of nitrogens with two attached hydrogens (primary N) is 1. The predicted octanol–water partition coefficient (Wildman–Crippen LogP) is 7.63. The van der Waals surface area contributed by atoms with Gasteiger partial charge in [-0.15, -0.1) is 0 Å². The summed E-state index contributed by atoms with van der Waals surface area (Å²) < 4.78 is 23.3. The van der Waals surface area contributed by atoms with Crippen molar-refractivity contribution in [1.82, 2.24) is 0 Å². The minimum Gasteiger partial charge on any atom is -0.493 e. The number of unbranched alkanes of at least 4 members (excludes halogenated alkanes) is 4. The summed E-state index contributed by atoms with van der Waals surface area (Å²) in [6, 6.07) is 26.1. The van der Waals surface area contributed by atoms with Gasteiger partial charge in [-0.05, 0) is 47.0 Å². The Morgan fingerprint density at radius 1 is 0.952 bits per heavy atom. The zero-order chi connectivity index (χ0) is 29.5. The fourth-order valence-corrected chi connectivity index (χ4v) is 5.28. The number of hydrogen-bond donors (Lipinski definition) is 1. The molecule has 0 aliphatic carbocycles. The van der Waals surface area contributed by atoms with E-state index in [0.717, 1.165) is 34.7 Å². The number of nitrogens with zero attached hydrogens (tertiary/aromatic N) is 1. The Hall–Kier alpha value is -4.96. The molecule has 5 rings (SSSR count). The first-order valence-corrected chi connectivity index (χ1v) is 14.3. The van der Waals surface area contributed by atoms with Crippen LogP contribution in [0.25, 0.3) is 10.8 Å². The standard InChI is InChI=1S/C35H34N2O5/c1-3-4-5-6-9-19-40-30-18-15-24(20-32(30)39-2)33-28-17-16-25(21-31(28)42-34(37)29(33)22-36)41-35(38)27-14-10-12-23-11-7-8-13-26(23)27/h7-8,10-18,20-21,33H,3-6,9,19,37H2,1-2H3. The maximum atomic E-state index is 13.1. The van der Waals surface area contributed by atoms with Crippen LogP contribution in [0.5, 0.6) is 23.0 Å². The number of nitriles is 1. The number of methoxy groups -OCH3 is 1. The molecular weight excluding hydrogens is 528 g/mol. The molecule has 0 aromatic heterocycles. The summed E-state index contributed by atoms with van der Waals surface area (Å²) in [5.74, 6) is 0.953. The SMILES string of the molecule is CCCCCCCOc1ccc(C2C(C#N)=C(N)Oc3cc(OC(=O)c4cccc5ccccc45)ccc32)cc1OC. The minimum absolute atomic E-state index is 0.00102. The molecule has 0 radical (unpaired) electrons. The largest absolute Gasteiger partial charge is 0.493 e. The molecule has 1 heterocycles. The summed E-state index contributed by atoms with van der Waals surface area (Å²) in [7, 11) is 1.59. The second-order valence-electron chi connectivity index (χ2n) is 10.2. The molecule has 0 bridgehead atoms. The van der Waals surface area contributed by atoms with Crippen molar-refractivity contribution in [2.24, 2.45) is 5.73 Å². The number of ether oxygens (including phenoxy) is 4. The fraction of sp³-hybridized carbons (Fsp3) is 0.257. The lowest BCUT2D eigenvalue weighted by molar-refractivity contribution is 0.0736. The normalized spacial score (nSPS) is 14.1. The Kier molecular flexibility index (Phi) is 8.93. The van der Waals surface area contributed by atoms with E-state index in [2.05, 4.69) is 13.0 Å². The molecule has 0 amide bonds. The molecule has 4 aromatic rings. The number of esters is 1. The monoisotopic (exact) mass is 562 g/mol. The Morgan fingerprint density at radius 2 is 1.76 bits per heavy atom. The summed E-state index contributed by atoms with van der Waals surface area (Å²) in [5, 5.41) is 11.8. The van der Waals surface area contributed by atoms with Crippen LogP contribution < -0.4 is 24.7 Å². The van der Waals surface area contributed by atoms with Crippen molar-refractivity contribution < 1.29 is 23.7 Å². The number of rotatable bonds is 11. The number of hydrogen-bond acceptors (Lipinski definition) is 7. The van der Waals surface area contributed by atoms with Crippen molar-refractivity contribution in [1.29, 1.82) is 5.26 Å². The molecule has 1 unspecified atom stereocenters. The van der Waals surface area contributed by atoms with Gasteiger partial charge in [-0.25, -0.2) is 4.79 Å². The number of carbonyl (C=O) groups is 1. The average molecular weight is 563 g/mol. The van der Waals surface area contributed by atoms with Crippen LogP contribution in [0.4, 0.5) is 0 Å². The zero-order valence-corrected chi connectivity index (χ0v) is 23.9.